The maximum atomic E-state index is 11.5. The average Bonchev–Trinajstić information content (AvgIpc) is 2.61. The molecule has 0 spiro atoms. The van der Waals surface area contributed by atoms with Crippen molar-refractivity contribution in [2.24, 2.45) is 5.73 Å². The maximum Gasteiger partial charge on any atom is 0.250 e. The van der Waals surface area contributed by atoms with Gasteiger partial charge in [-0.25, -0.2) is 0 Å². The Morgan fingerprint density at radius 3 is 2.47 bits per heavy atom. The van der Waals surface area contributed by atoms with Crippen molar-refractivity contribution in [3.63, 3.8) is 0 Å². The quantitative estimate of drug-likeness (QED) is 0.751. The molecule has 1 aliphatic rings. The predicted octanol–water partition coefficient (Wildman–Crippen LogP) is 0.751. The molecule has 4 heteroatoms. The van der Waals surface area contributed by atoms with Gasteiger partial charge in [-0.2, -0.15) is 0 Å². The molecule has 4 nitrogen and oxygen atoms in total. The molecular formula is C11H22N2O2. The van der Waals surface area contributed by atoms with E-state index >= 15 is 0 Å². The van der Waals surface area contributed by atoms with E-state index in [0.29, 0.717) is 6.61 Å². The van der Waals surface area contributed by atoms with E-state index in [0.717, 1.165) is 12.8 Å². The lowest BCUT2D eigenvalue weighted by atomic mass is 10.0. The van der Waals surface area contributed by atoms with E-state index in [1.165, 1.54) is 12.8 Å². The fourth-order valence-electron chi connectivity index (χ4n) is 1.95. The minimum atomic E-state index is -0.388. The molecule has 0 heterocycles. The number of hydrogen-bond acceptors (Lipinski definition) is 3. The van der Waals surface area contributed by atoms with Crippen LogP contribution in [0.4, 0.5) is 0 Å². The second kappa shape index (κ2) is 4.94. The number of likely N-dealkylation sites (N-methyl/N-ethyl adjacent to an activating group) is 1. The van der Waals surface area contributed by atoms with Gasteiger partial charge in [-0.05, 0) is 19.8 Å². The van der Waals surface area contributed by atoms with Crippen LogP contribution >= 0.6 is 0 Å². The molecule has 0 aromatic carbocycles. The normalized spacial score (nSPS) is 21.3. The molecule has 1 unspecified atom stereocenters. The van der Waals surface area contributed by atoms with Crippen LogP contribution < -0.4 is 5.73 Å². The van der Waals surface area contributed by atoms with Gasteiger partial charge in [0.2, 0.25) is 0 Å². The zero-order chi connectivity index (χ0) is 11.5. The van der Waals surface area contributed by atoms with Crippen molar-refractivity contribution < 1.29 is 9.53 Å². The Hall–Kier alpha value is -0.610. The first-order valence-corrected chi connectivity index (χ1v) is 5.56. The van der Waals surface area contributed by atoms with Gasteiger partial charge in [0.25, 0.3) is 5.91 Å². The van der Waals surface area contributed by atoms with Gasteiger partial charge in [0, 0.05) is 19.6 Å². The van der Waals surface area contributed by atoms with Crippen LogP contribution in [0.5, 0.6) is 0 Å². The largest absolute Gasteiger partial charge is 0.367 e. The number of amides is 1. The highest BCUT2D eigenvalue weighted by atomic mass is 16.5. The summed E-state index contributed by atoms with van der Waals surface area (Å²) in [5.41, 5.74) is 5.94. The third kappa shape index (κ3) is 3.47. The van der Waals surface area contributed by atoms with Crippen LogP contribution in [-0.4, -0.2) is 43.2 Å². The first-order valence-electron chi connectivity index (χ1n) is 5.56. The van der Waals surface area contributed by atoms with Crippen molar-refractivity contribution in [1.29, 1.82) is 0 Å². The summed E-state index contributed by atoms with van der Waals surface area (Å²) >= 11 is 0. The van der Waals surface area contributed by atoms with Gasteiger partial charge in [-0.15, -0.1) is 0 Å². The molecule has 1 fully saturated rings. The minimum Gasteiger partial charge on any atom is -0.367 e. The highest BCUT2D eigenvalue weighted by molar-refractivity contribution is 5.79. The van der Waals surface area contributed by atoms with E-state index in [2.05, 4.69) is 0 Å². The Morgan fingerprint density at radius 1 is 1.47 bits per heavy atom. The van der Waals surface area contributed by atoms with Gasteiger partial charge in [0.05, 0.1) is 6.61 Å². The summed E-state index contributed by atoms with van der Waals surface area (Å²) in [6, 6.07) is 0. The highest BCUT2D eigenvalue weighted by Crippen LogP contribution is 2.27. The fraction of sp³-hybridized carbons (Fsp3) is 0.909. The molecule has 0 radical (unpaired) electrons. The summed E-state index contributed by atoms with van der Waals surface area (Å²) < 4.78 is 5.54. The number of nitrogens with two attached hydrogens (primary N) is 1. The smallest absolute Gasteiger partial charge is 0.250 e. The van der Waals surface area contributed by atoms with Crippen molar-refractivity contribution in [3.8, 4) is 0 Å². The predicted molar refractivity (Wildman–Crippen MR) is 59.5 cm³/mol. The number of carbonyl (C=O) groups excluding carboxylic acids is 1. The molecule has 15 heavy (non-hydrogen) atoms. The van der Waals surface area contributed by atoms with Crippen LogP contribution in [0, 0.1) is 0 Å². The van der Waals surface area contributed by atoms with Crippen LogP contribution in [-0.2, 0) is 9.53 Å². The monoisotopic (exact) mass is 214 g/mol. The first-order chi connectivity index (χ1) is 6.94. The van der Waals surface area contributed by atoms with E-state index in [1.807, 2.05) is 0 Å². The van der Waals surface area contributed by atoms with Gasteiger partial charge in [-0.3, -0.25) is 4.79 Å². The van der Waals surface area contributed by atoms with Crippen LogP contribution in [0.2, 0.25) is 0 Å². The summed E-state index contributed by atoms with van der Waals surface area (Å²) in [7, 11) is 3.46. The van der Waals surface area contributed by atoms with Crippen molar-refractivity contribution in [2.45, 2.75) is 44.2 Å². The Labute approximate surface area is 91.8 Å². The summed E-state index contributed by atoms with van der Waals surface area (Å²) in [4.78, 5) is 13.1. The van der Waals surface area contributed by atoms with E-state index < -0.39 is 0 Å². The van der Waals surface area contributed by atoms with Gasteiger partial charge in [0.1, 0.15) is 6.10 Å². The second-order valence-electron chi connectivity index (χ2n) is 4.76. The van der Waals surface area contributed by atoms with E-state index in [1.54, 1.807) is 25.9 Å². The molecule has 2 N–H and O–H groups in total. The Balaban J connectivity index is 2.33. The summed E-state index contributed by atoms with van der Waals surface area (Å²) in [5.74, 6) is -0.00315. The fourth-order valence-corrected chi connectivity index (χ4v) is 1.95. The summed E-state index contributed by atoms with van der Waals surface area (Å²) in [6.07, 6.45) is 3.98. The van der Waals surface area contributed by atoms with Crippen molar-refractivity contribution in [2.75, 3.05) is 20.7 Å². The zero-order valence-corrected chi connectivity index (χ0v) is 9.95. The van der Waals surface area contributed by atoms with Gasteiger partial charge >= 0.3 is 0 Å². The molecule has 0 aromatic rings. The molecular weight excluding hydrogens is 192 g/mol. The van der Waals surface area contributed by atoms with E-state index in [9.17, 15) is 4.79 Å². The van der Waals surface area contributed by atoms with Gasteiger partial charge in [0.15, 0.2) is 0 Å². The molecule has 1 atom stereocenters. The molecule has 1 rings (SSSR count). The maximum absolute atomic E-state index is 11.5. The zero-order valence-electron chi connectivity index (χ0n) is 9.95. The SMILES string of the molecule is CC(OCC1(N)CCCC1)C(=O)N(C)C. The molecule has 0 aliphatic heterocycles. The first kappa shape index (κ1) is 12.5. The third-order valence-corrected chi connectivity index (χ3v) is 3.01. The minimum absolute atomic E-state index is 0.00315. The topological polar surface area (TPSA) is 55.6 Å². The lowest BCUT2D eigenvalue weighted by Crippen LogP contribution is -2.44. The molecule has 88 valence electrons. The number of ether oxygens (including phenoxy) is 1. The van der Waals surface area contributed by atoms with Gasteiger partial charge in [-0.1, -0.05) is 12.8 Å². The van der Waals surface area contributed by atoms with Crippen molar-refractivity contribution >= 4 is 5.91 Å². The molecule has 0 bridgehead atoms. The number of rotatable bonds is 4. The van der Waals surface area contributed by atoms with Gasteiger partial charge < -0.3 is 15.4 Å². The standard InChI is InChI=1S/C11H22N2O2/c1-9(10(14)13(2)3)15-8-11(12)6-4-5-7-11/h9H,4-8,12H2,1-3H3. The average molecular weight is 214 g/mol. The van der Waals surface area contributed by atoms with E-state index in [-0.39, 0.29) is 17.6 Å². The van der Waals surface area contributed by atoms with Crippen LogP contribution in [0.1, 0.15) is 32.6 Å². The Kier molecular flexibility index (Phi) is 4.11. The number of carbonyl (C=O) groups is 1. The lowest BCUT2D eigenvalue weighted by Gasteiger charge is -2.26. The molecule has 0 saturated heterocycles. The molecule has 1 aliphatic carbocycles. The number of hydrogen-bond donors (Lipinski definition) is 1. The van der Waals surface area contributed by atoms with Crippen molar-refractivity contribution in [1.82, 2.24) is 4.90 Å². The highest BCUT2D eigenvalue weighted by Gasteiger charge is 2.31. The number of nitrogens with zero attached hydrogens (tertiary/aromatic N) is 1. The third-order valence-electron chi connectivity index (χ3n) is 3.01. The van der Waals surface area contributed by atoms with E-state index in [4.69, 9.17) is 10.5 Å². The summed E-state index contributed by atoms with van der Waals surface area (Å²) in [5, 5.41) is 0. The Bertz CT molecular complexity index is 223. The lowest BCUT2D eigenvalue weighted by molar-refractivity contribution is -0.141. The van der Waals surface area contributed by atoms with Crippen LogP contribution in [0.15, 0.2) is 0 Å². The van der Waals surface area contributed by atoms with Crippen LogP contribution in [0.3, 0.4) is 0 Å². The summed E-state index contributed by atoms with van der Waals surface area (Å²) in [6.45, 7) is 2.27. The second-order valence-corrected chi connectivity index (χ2v) is 4.76. The van der Waals surface area contributed by atoms with Crippen molar-refractivity contribution in [3.05, 3.63) is 0 Å². The van der Waals surface area contributed by atoms with Crippen LogP contribution in [0.25, 0.3) is 0 Å². The molecule has 0 aromatic heterocycles. The molecule has 1 amide bonds. The molecule has 1 saturated carbocycles. The Morgan fingerprint density at radius 2 is 2.00 bits per heavy atom.